The van der Waals surface area contributed by atoms with Gasteiger partial charge < -0.3 is 9.84 Å². The number of rotatable bonds is 7. The smallest absolute Gasteiger partial charge is 0.141 e. The van der Waals surface area contributed by atoms with Crippen LogP contribution in [0.25, 0.3) is 11.1 Å². The monoisotopic (exact) mass is 373 g/mol. The number of hydrogen-bond donors (Lipinski definition) is 1. The van der Waals surface area contributed by atoms with E-state index in [1.165, 1.54) is 16.7 Å². The Morgan fingerprint density at radius 2 is 1.36 bits per heavy atom. The summed E-state index contributed by atoms with van der Waals surface area (Å²) < 4.78 is 5.77. The second-order valence-electron chi connectivity index (χ2n) is 7.00. The fraction of sp³-hybridized carbons (Fsp3) is 0.200. The van der Waals surface area contributed by atoms with E-state index in [4.69, 9.17) is 4.74 Å². The van der Waals surface area contributed by atoms with Gasteiger partial charge in [-0.1, -0.05) is 61.5 Å². The summed E-state index contributed by atoms with van der Waals surface area (Å²) >= 11 is 0. The molecular weight excluding hydrogens is 346 g/mol. The quantitative estimate of drug-likeness (QED) is 0.428. The van der Waals surface area contributed by atoms with Crippen molar-refractivity contribution >= 4 is 11.1 Å². The number of nitrogens with zero attached hydrogens (tertiary/aromatic N) is 1. The van der Waals surface area contributed by atoms with Crippen molar-refractivity contribution in [3.8, 4) is 11.5 Å². The van der Waals surface area contributed by atoms with Crippen LogP contribution in [0.3, 0.4) is 0 Å². The fourth-order valence-electron chi connectivity index (χ4n) is 3.23. The molecule has 0 aliphatic carbocycles. The predicted molar refractivity (Wildman–Crippen MR) is 116 cm³/mol. The van der Waals surface area contributed by atoms with Crippen molar-refractivity contribution in [1.29, 1.82) is 0 Å². The van der Waals surface area contributed by atoms with Gasteiger partial charge in [0.05, 0.1) is 0 Å². The van der Waals surface area contributed by atoms with Gasteiger partial charge in [0.15, 0.2) is 0 Å². The molecule has 0 saturated heterocycles. The summed E-state index contributed by atoms with van der Waals surface area (Å²) in [7, 11) is 3.96. The third-order valence-electron chi connectivity index (χ3n) is 4.57. The van der Waals surface area contributed by atoms with Gasteiger partial charge in [0.1, 0.15) is 18.2 Å². The van der Waals surface area contributed by atoms with E-state index < -0.39 is 0 Å². The maximum Gasteiger partial charge on any atom is 0.141 e. The third-order valence-corrected chi connectivity index (χ3v) is 4.57. The molecule has 0 atom stereocenters. The van der Waals surface area contributed by atoms with Gasteiger partial charge in [-0.25, -0.2) is 0 Å². The lowest BCUT2D eigenvalue weighted by atomic mass is 9.88. The third kappa shape index (κ3) is 4.81. The van der Waals surface area contributed by atoms with Crippen molar-refractivity contribution in [2.75, 3.05) is 20.8 Å². The Morgan fingerprint density at radius 3 is 1.89 bits per heavy atom. The number of phenolic OH excluding ortho intramolecular Hbond substituents is 1. The second kappa shape index (κ2) is 9.25. The normalized spacial score (nSPS) is 12.0. The molecule has 0 spiro atoms. The van der Waals surface area contributed by atoms with E-state index in [0.717, 1.165) is 23.3 Å². The Balaban J connectivity index is 2.09. The molecule has 3 heteroatoms. The molecule has 0 aliphatic rings. The summed E-state index contributed by atoms with van der Waals surface area (Å²) in [6.07, 6.45) is 0.902. The highest BCUT2D eigenvalue weighted by Gasteiger charge is 2.13. The standard InChI is InChI=1S/C25H27NO2/c1-4-24(19-8-6-5-7-9-19)25(20-10-14-22(27)15-11-20)21-12-16-23(17-13-21)28-18-26(2)3/h5-17,27H,4,18H2,1-3H3/b25-24+. The van der Waals surface area contributed by atoms with Crippen LogP contribution < -0.4 is 4.74 Å². The number of phenols is 1. The van der Waals surface area contributed by atoms with Crippen LogP contribution >= 0.6 is 0 Å². The van der Waals surface area contributed by atoms with Crippen molar-refractivity contribution in [3.05, 3.63) is 95.6 Å². The lowest BCUT2D eigenvalue weighted by Gasteiger charge is -2.17. The lowest BCUT2D eigenvalue weighted by molar-refractivity contribution is 0.179. The van der Waals surface area contributed by atoms with Crippen LogP contribution in [0, 0.1) is 0 Å². The molecule has 3 aromatic carbocycles. The van der Waals surface area contributed by atoms with E-state index in [1.54, 1.807) is 12.1 Å². The van der Waals surface area contributed by atoms with Crippen molar-refractivity contribution in [1.82, 2.24) is 4.90 Å². The molecule has 0 fully saturated rings. The van der Waals surface area contributed by atoms with Gasteiger partial charge in [0.25, 0.3) is 0 Å². The average molecular weight is 373 g/mol. The van der Waals surface area contributed by atoms with Crippen LogP contribution in [0.2, 0.25) is 0 Å². The first-order chi connectivity index (χ1) is 13.6. The molecule has 0 heterocycles. The molecule has 0 unspecified atom stereocenters. The maximum absolute atomic E-state index is 9.73. The van der Waals surface area contributed by atoms with E-state index in [9.17, 15) is 5.11 Å². The first-order valence-electron chi connectivity index (χ1n) is 9.54. The molecule has 0 bridgehead atoms. The molecular formula is C25H27NO2. The molecule has 1 N–H and O–H groups in total. The number of allylic oxidation sites excluding steroid dienone is 1. The Morgan fingerprint density at radius 1 is 0.786 bits per heavy atom. The summed E-state index contributed by atoms with van der Waals surface area (Å²) in [5.74, 6) is 1.12. The first-order valence-corrected chi connectivity index (χ1v) is 9.54. The molecule has 0 aromatic heterocycles. The first kappa shape index (κ1) is 19.7. The largest absolute Gasteiger partial charge is 0.508 e. The highest BCUT2D eigenvalue weighted by atomic mass is 16.5. The number of ether oxygens (including phenoxy) is 1. The lowest BCUT2D eigenvalue weighted by Crippen LogP contribution is -2.18. The Labute approximate surface area is 167 Å². The average Bonchev–Trinajstić information content (AvgIpc) is 2.72. The SMILES string of the molecule is CC/C(=C(/c1ccc(O)cc1)c1ccc(OCN(C)C)cc1)c1ccccc1. The van der Waals surface area contributed by atoms with Crippen LogP contribution in [0.5, 0.6) is 11.5 Å². The molecule has 0 saturated carbocycles. The minimum atomic E-state index is 0.272. The van der Waals surface area contributed by atoms with Gasteiger partial charge >= 0.3 is 0 Å². The topological polar surface area (TPSA) is 32.7 Å². The summed E-state index contributed by atoms with van der Waals surface area (Å²) in [5.41, 5.74) is 5.87. The molecule has 3 rings (SSSR count). The van der Waals surface area contributed by atoms with E-state index in [1.807, 2.05) is 49.3 Å². The molecule has 3 nitrogen and oxygen atoms in total. The van der Waals surface area contributed by atoms with Gasteiger partial charge in [0, 0.05) is 0 Å². The van der Waals surface area contributed by atoms with Crippen molar-refractivity contribution in [2.24, 2.45) is 0 Å². The summed E-state index contributed by atoms with van der Waals surface area (Å²) in [5, 5.41) is 9.73. The van der Waals surface area contributed by atoms with Gasteiger partial charge in [-0.3, -0.25) is 4.90 Å². The van der Waals surface area contributed by atoms with E-state index in [-0.39, 0.29) is 5.75 Å². The van der Waals surface area contributed by atoms with E-state index >= 15 is 0 Å². The zero-order chi connectivity index (χ0) is 19.9. The maximum atomic E-state index is 9.73. The summed E-state index contributed by atoms with van der Waals surface area (Å²) in [6, 6.07) is 26.1. The Bertz CT molecular complexity index is 911. The van der Waals surface area contributed by atoms with Crippen molar-refractivity contribution in [3.63, 3.8) is 0 Å². The molecule has 144 valence electrons. The van der Waals surface area contributed by atoms with Gasteiger partial charge in [-0.15, -0.1) is 0 Å². The number of hydrogen-bond acceptors (Lipinski definition) is 3. The van der Waals surface area contributed by atoms with Crippen molar-refractivity contribution < 1.29 is 9.84 Å². The predicted octanol–water partition coefficient (Wildman–Crippen LogP) is 5.66. The highest BCUT2D eigenvalue weighted by molar-refractivity contribution is 5.98. The summed E-state index contributed by atoms with van der Waals surface area (Å²) in [6.45, 7) is 2.72. The zero-order valence-corrected chi connectivity index (χ0v) is 16.7. The van der Waals surface area contributed by atoms with Crippen LogP contribution in [0.1, 0.15) is 30.0 Å². The van der Waals surface area contributed by atoms with E-state index in [2.05, 4.69) is 43.3 Å². The van der Waals surface area contributed by atoms with E-state index in [0.29, 0.717) is 6.73 Å². The van der Waals surface area contributed by atoms with Gasteiger partial charge in [-0.05, 0) is 72.6 Å². The van der Waals surface area contributed by atoms with Crippen LogP contribution in [0.4, 0.5) is 0 Å². The fourth-order valence-corrected chi connectivity index (χ4v) is 3.23. The molecule has 0 aliphatic heterocycles. The zero-order valence-electron chi connectivity index (χ0n) is 16.7. The number of aromatic hydroxyl groups is 1. The Hall–Kier alpha value is -3.04. The minimum Gasteiger partial charge on any atom is -0.508 e. The van der Waals surface area contributed by atoms with Crippen molar-refractivity contribution in [2.45, 2.75) is 13.3 Å². The van der Waals surface area contributed by atoms with Crippen LogP contribution in [-0.2, 0) is 0 Å². The molecule has 28 heavy (non-hydrogen) atoms. The molecule has 3 aromatic rings. The second-order valence-corrected chi connectivity index (χ2v) is 7.00. The highest BCUT2D eigenvalue weighted by Crippen LogP contribution is 2.35. The van der Waals surface area contributed by atoms with Crippen LogP contribution in [0.15, 0.2) is 78.9 Å². The number of benzene rings is 3. The molecule has 0 radical (unpaired) electrons. The van der Waals surface area contributed by atoms with Crippen LogP contribution in [-0.4, -0.2) is 30.8 Å². The molecule has 0 amide bonds. The van der Waals surface area contributed by atoms with Gasteiger partial charge in [0.2, 0.25) is 0 Å². The van der Waals surface area contributed by atoms with Gasteiger partial charge in [-0.2, -0.15) is 0 Å². The summed E-state index contributed by atoms with van der Waals surface area (Å²) in [4.78, 5) is 1.99. The minimum absolute atomic E-state index is 0.272. The Kier molecular flexibility index (Phi) is 6.51.